The van der Waals surface area contributed by atoms with Gasteiger partial charge in [-0.25, -0.2) is 0 Å². The Balaban J connectivity index is 1.59. The number of ketones is 3. The van der Waals surface area contributed by atoms with Crippen LogP contribution in [0, 0.1) is 6.92 Å². The van der Waals surface area contributed by atoms with Crippen molar-refractivity contribution in [1.29, 1.82) is 0 Å². The summed E-state index contributed by atoms with van der Waals surface area (Å²) >= 11 is 0. The van der Waals surface area contributed by atoms with Crippen molar-refractivity contribution >= 4 is 28.1 Å². The van der Waals surface area contributed by atoms with E-state index in [1.165, 1.54) is 19.9 Å². The first-order valence-electron chi connectivity index (χ1n) is 13.1. The van der Waals surface area contributed by atoms with Gasteiger partial charge in [0.1, 0.15) is 39.7 Å². The molecule has 5 rings (SSSR count). The second-order valence-corrected chi connectivity index (χ2v) is 10.7. The van der Waals surface area contributed by atoms with Crippen molar-refractivity contribution in [3.05, 3.63) is 81.8 Å². The summed E-state index contributed by atoms with van der Waals surface area (Å²) < 4.78 is 11.9. The van der Waals surface area contributed by atoms with Crippen molar-refractivity contribution in [1.82, 2.24) is 5.32 Å². The Bertz CT molecular complexity index is 1700. The number of Topliss-reactive ketones (excluding diaryl/α,β-unsaturated/α-hetero) is 2. The number of rotatable bonds is 6. The van der Waals surface area contributed by atoms with Crippen molar-refractivity contribution in [3.63, 3.8) is 0 Å². The molecule has 0 bridgehead atoms. The highest BCUT2D eigenvalue weighted by Gasteiger charge is 2.56. The van der Waals surface area contributed by atoms with Crippen molar-refractivity contribution in [2.75, 3.05) is 0 Å². The monoisotopic (exact) mass is 541 g/mol. The van der Waals surface area contributed by atoms with Crippen LogP contribution in [0.4, 0.5) is 0 Å². The maximum absolute atomic E-state index is 14.1. The molecule has 1 aliphatic carbocycles. The second-order valence-electron chi connectivity index (χ2n) is 10.7. The molecular formula is C32H31NO7. The lowest BCUT2D eigenvalue weighted by atomic mass is 9.70. The molecule has 0 saturated carbocycles. The van der Waals surface area contributed by atoms with Gasteiger partial charge in [-0.15, -0.1) is 0 Å². The van der Waals surface area contributed by atoms with Gasteiger partial charge in [-0.3, -0.25) is 14.4 Å². The maximum atomic E-state index is 14.1. The molecule has 0 amide bonds. The largest absolute Gasteiger partial charge is 0.507 e. The molecule has 1 aliphatic heterocycles. The normalized spacial score (nSPS) is 19.2. The molecule has 2 aliphatic rings. The lowest BCUT2D eigenvalue weighted by Crippen LogP contribution is -2.41. The Morgan fingerprint density at radius 3 is 2.45 bits per heavy atom. The first kappa shape index (κ1) is 27.0. The molecule has 3 N–H and O–H groups in total. The van der Waals surface area contributed by atoms with Crippen molar-refractivity contribution in [2.45, 2.75) is 59.6 Å². The minimum absolute atomic E-state index is 0.00137. The number of benzene rings is 3. The molecule has 0 fully saturated rings. The zero-order valence-corrected chi connectivity index (χ0v) is 23.3. The molecule has 0 saturated heterocycles. The topological polar surface area (TPSA) is 122 Å². The molecule has 1 heterocycles. The molecular weight excluding hydrogens is 510 g/mol. The minimum Gasteiger partial charge on any atom is -0.507 e. The molecule has 206 valence electrons. The van der Waals surface area contributed by atoms with Crippen molar-refractivity contribution in [3.8, 4) is 23.0 Å². The molecule has 40 heavy (non-hydrogen) atoms. The van der Waals surface area contributed by atoms with E-state index in [0.717, 1.165) is 16.3 Å². The number of ether oxygens (including phenoxy) is 2. The predicted molar refractivity (Wildman–Crippen MR) is 150 cm³/mol. The van der Waals surface area contributed by atoms with Gasteiger partial charge in [-0.2, -0.15) is 0 Å². The molecule has 0 radical (unpaired) electrons. The molecule has 0 unspecified atom stereocenters. The Hall–Kier alpha value is -4.59. The summed E-state index contributed by atoms with van der Waals surface area (Å²) in [6, 6.07) is 11.8. The van der Waals surface area contributed by atoms with Crippen LogP contribution in [0.15, 0.2) is 59.5 Å². The van der Waals surface area contributed by atoms with E-state index >= 15 is 0 Å². The van der Waals surface area contributed by atoms with Gasteiger partial charge in [0, 0.05) is 29.4 Å². The highest BCUT2D eigenvalue weighted by atomic mass is 16.5. The lowest BCUT2D eigenvalue weighted by molar-refractivity contribution is -0.123. The highest BCUT2D eigenvalue weighted by Crippen LogP contribution is 2.57. The number of phenols is 2. The number of nitrogens with one attached hydrogen (secondary N) is 1. The highest BCUT2D eigenvalue weighted by molar-refractivity contribution is 6.31. The average Bonchev–Trinajstić information content (AvgIpc) is 3.19. The quantitative estimate of drug-likeness (QED) is 0.218. The van der Waals surface area contributed by atoms with E-state index in [2.05, 4.69) is 5.32 Å². The summed E-state index contributed by atoms with van der Waals surface area (Å²) in [7, 11) is 0. The van der Waals surface area contributed by atoms with Crippen LogP contribution in [0.2, 0.25) is 0 Å². The van der Waals surface area contributed by atoms with Crippen LogP contribution in [0.3, 0.4) is 0 Å². The first-order chi connectivity index (χ1) is 18.9. The molecule has 8 heteroatoms. The Morgan fingerprint density at radius 2 is 1.77 bits per heavy atom. The van der Waals surface area contributed by atoms with Crippen LogP contribution >= 0.6 is 0 Å². The molecule has 0 aromatic heterocycles. The van der Waals surface area contributed by atoms with E-state index < -0.39 is 28.5 Å². The number of carbonyl (C=O) groups excluding carboxylic acids is 3. The summed E-state index contributed by atoms with van der Waals surface area (Å²) in [4.78, 5) is 39.8. The number of allylic oxidation sites excluding steroid dienone is 4. The fourth-order valence-electron chi connectivity index (χ4n) is 5.53. The molecule has 3 aromatic carbocycles. The van der Waals surface area contributed by atoms with Crippen molar-refractivity contribution < 1.29 is 34.1 Å². The fourth-order valence-corrected chi connectivity index (χ4v) is 5.53. The first-order valence-corrected chi connectivity index (χ1v) is 13.1. The van der Waals surface area contributed by atoms with Crippen LogP contribution in [-0.2, 0) is 21.5 Å². The third-order valence-corrected chi connectivity index (χ3v) is 7.65. The van der Waals surface area contributed by atoms with Crippen LogP contribution in [0.5, 0.6) is 23.0 Å². The zero-order valence-electron chi connectivity index (χ0n) is 23.3. The van der Waals surface area contributed by atoms with Gasteiger partial charge in [0.15, 0.2) is 17.3 Å². The molecule has 1 atom stereocenters. The third kappa shape index (κ3) is 3.94. The van der Waals surface area contributed by atoms with E-state index in [4.69, 9.17) is 9.47 Å². The van der Waals surface area contributed by atoms with Crippen LogP contribution in [0.25, 0.3) is 10.8 Å². The number of phenolic OH excluding ortho intramolecular Hbond substituents is 2. The number of aromatic hydroxyl groups is 2. The van der Waals surface area contributed by atoms with E-state index in [0.29, 0.717) is 11.4 Å². The Kier molecular flexibility index (Phi) is 6.45. The third-order valence-electron chi connectivity index (χ3n) is 7.65. The smallest absolute Gasteiger partial charge is 0.194 e. The van der Waals surface area contributed by atoms with Gasteiger partial charge < -0.3 is 25.0 Å². The molecule has 0 spiro atoms. The minimum atomic E-state index is -1.57. The Labute approximate surface area is 231 Å². The average molecular weight is 542 g/mol. The molecule has 3 aromatic rings. The van der Waals surface area contributed by atoms with Gasteiger partial charge in [-0.05, 0) is 58.4 Å². The summed E-state index contributed by atoms with van der Waals surface area (Å²) in [5.74, 6) is -1.83. The van der Waals surface area contributed by atoms with Gasteiger partial charge in [0.05, 0.1) is 17.2 Å². The summed E-state index contributed by atoms with van der Waals surface area (Å²) in [5, 5.41) is 26.8. The van der Waals surface area contributed by atoms with E-state index in [9.17, 15) is 24.6 Å². The summed E-state index contributed by atoms with van der Waals surface area (Å²) in [6.07, 6.45) is 1.16. The Morgan fingerprint density at radius 1 is 1.07 bits per heavy atom. The summed E-state index contributed by atoms with van der Waals surface area (Å²) in [6.45, 7) is 10.1. The number of fused-ring (bicyclic) bond motifs is 4. The van der Waals surface area contributed by atoms with Gasteiger partial charge in [0.25, 0.3) is 0 Å². The van der Waals surface area contributed by atoms with E-state index in [1.807, 2.05) is 50.2 Å². The lowest BCUT2D eigenvalue weighted by Gasteiger charge is -2.29. The van der Waals surface area contributed by atoms with Gasteiger partial charge in [-0.1, -0.05) is 30.3 Å². The van der Waals surface area contributed by atoms with E-state index in [1.54, 1.807) is 13.8 Å². The van der Waals surface area contributed by atoms with E-state index in [-0.39, 0.29) is 52.2 Å². The van der Waals surface area contributed by atoms with Crippen molar-refractivity contribution in [2.24, 2.45) is 0 Å². The summed E-state index contributed by atoms with van der Waals surface area (Å²) in [5.41, 5.74) is -0.448. The van der Waals surface area contributed by atoms with Crippen LogP contribution in [-0.4, -0.2) is 33.7 Å². The predicted octanol–water partition coefficient (Wildman–Crippen LogP) is 5.30. The van der Waals surface area contributed by atoms with Gasteiger partial charge in [0.2, 0.25) is 0 Å². The fraction of sp³-hybridized carbons (Fsp3) is 0.281. The number of carbonyl (C=O) groups is 3. The zero-order chi connectivity index (χ0) is 29.1. The number of hydrogen-bond acceptors (Lipinski definition) is 8. The van der Waals surface area contributed by atoms with Gasteiger partial charge >= 0.3 is 0 Å². The SMILES string of the molecule is CC(=O)c1c(O)c(C)c(O)c2c1OC1=CC(=O)C(=C(C)NCc3c(OC(C)C)ccc4ccccc34)C(=O)[C@@]12C. The maximum Gasteiger partial charge on any atom is 0.194 e. The molecule has 8 nitrogen and oxygen atoms in total. The van der Waals surface area contributed by atoms with Crippen LogP contribution < -0.4 is 14.8 Å². The van der Waals surface area contributed by atoms with Crippen LogP contribution in [0.1, 0.15) is 61.7 Å². The number of hydrogen-bond donors (Lipinski definition) is 3. The standard InChI is InChI=1S/C32H31NO7/c1-15(2)39-23-12-11-19-9-7-8-10-20(19)21(23)14-33-17(4)25-22(35)13-24-32(6,31(25)38)27-29(37)16(3)28(36)26(18(5)34)30(27)40-24/h7-13,15,33,36-37H,14H2,1-6H3/t32-/m0/s1. The second kappa shape index (κ2) is 9.55.